The first-order valence-electron chi connectivity index (χ1n) is 21.3. The van der Waals surface area contributed by atoms with Crippen LogP contribution in [0.1, 0.15) is 54.5 Å². The molecule has 8 aromatic rings. The van der Waals surface area contributed by atoms with Crippen LogP contribution in [0.15, 0.2) is 126 Å². The Hall–Kier alpha value is -6.10. The summed E-state index contributed by atoms with van der Waals surface area (Å²) in [5.41, 5.74) is 25.9. The van der Waals surface area contributed by atoms with Crippen molar-refractivity contribution in [3.05, 3.63) is 201 Å². The van der Waals surface area contributed by atoms with Gasteiger partial charge in [-0.2, -0.15) is 0 Å². The van der Waals surface area contributed by atoms with Crippen molar-refractivity contribution < 1.29 is 19.4 Å². The number of aromatic carboxylic acids is 1. The summed E-state index contributed by atoms with van der Waals surface area (Å²) in [6, 6.07) is 29.6. The molecule has 5 aromatic carbocycles. The van der Waals surface area contributed by atoms with Gasteiger partial charge in [-0.05, 0) is 132 Å². The summed E-state index contributed by atoms with van der Waals surface area (Å²) in [5, 5.41) is 12.7. The van der Waals surface area contributed by atoms with Crippen molar-refractivity contribution in [3.8, 4) is 22.5 Å². The van der Waals surface area contributed by atoms with Crippen molar-refractivity contribution in [2.75, 3.05) is 24.3 Å². The van der Waals surface area contributed by atoms with Crippen LogP contribution in [0, 0.1) is 0 Å². The second-order valence-corrected chi connectivity index (χ2v) is 18.5. The second-order valence-electron chi connectivity index (χ2n) is 15.3. The number of carbonyl (C=O) groups is 2. The number of benzene rings is 5. The zero-order valence-corrected chi connectivity index (χ0v) is 43.6. The Bertz CT molecular complexity index is 3110. The SMILES string of the molecule is COC(=O)c1ccc(-c2cnc(N)c(CCc3c(Cl)cccc3Cl)n2)cc1.Nc1ncc(-c2ccc(C(=O)O)cc2)nc1CCc1c(Cl)cccc1Cl.Nc1ncc(Br)nc1CCc1c(Cl)cccc1Cl. The molecule has 0 saturated heterocycles. The van der Waals surface area contributed by atoms with E-state index in [1.807, 2.05) is 18.2 Å². The monoisotopic (exact) mass is 1130 g/mol. The normalized spacial score (nSPS) is 10.6. The molecular formula is C51H42BrCl6N9O4. The highest BCUT2D eigenvalue weighted by molar-refractivity contribution is 9.10. The molecule has 3 heterocycles. The predicted molar refractivity (Wildman–Crippen MR) is 288 cm³/mol. The first kappa shape index (κ1) is 54.2. The summed E-state index contributed by atoms with van der Waals surface area (Å²) in [5.74, 6) is -0.215. The number of hydrogen-bond donors (Lipinski definition) is 4. The maximum atomic E-state index is 11.5. The number of aryl methyl sites for hydroxylation is 3. The van der Waals surface area contributed by atoms with E-state index in [0.717, 1.165) is 33.5 Å². The number of carboxylic acids is 1. The lowest BCUT2D eigenvalue weighted by atomic mass is 10.1. The molecule has 0 aliphatic carbocycles. The van der Waals surface area contributed by atoms with Gasteiger partial charge < -0.3 is 27.0 Å². The van der Waals surface area contributed by atoms with Crippen molar-refractivity contribution in [2.24, 2.45) is 0 Å². The zero-order chi connectivity index (χ0) is 51.2. The summed E-state index contributed by atoms with van der Waals surface area (Å²) in [6.45, 7) is 0. The average molecular weight is 1140 g/mol. The maximum absolute atomic E-state index is 11.5. The lowest BCUT2D eigenvalue weighted by molar-refractivity contribution is 0.0599. The summed E-state index contributed by atoms with van der Waals surface area (Å²) < 4.78 is 5.37. The average Bonchev–Trinajstić information content (AvgIpc) is 3.36. The number of ether oxygens (including phenoxy) is 1. The topological polar surface area (TPSA) is 219 Å². The molecule has 3 aromatic heterocycles. The molecule has 8 rings (SSSR count). The number of nitrogens with zero attached hydrogens (tertiary/aromatic N) is 6. The van der Waals surface area contributed by atoms with Crippen molar-refractivity contribution in [1.82, 2.24) is 29.9 Å². The van der Waals surface area contributed by atoms with E-state index in [4.69, 9.17) is 96.7 Å². The number of halogens is 7. The smallest absolute Gasteiger partial charge is 0.337 e. The van der Waals surface area contributed by atoms with Crippen LogP contribution in [-0.4, -0.2) is 54.1 Å². The quantitative estimate of drug-likeness (QED) is 0.0791. The molecule has 20 heteroatoms. The van der Waals surface area contributed by atoms with Gasteiger partial charge in [0.15, 0.2) is 0 Å². The summed E-state index contributed by atoms with van der Waals surface area (Å²) in [6.07, 6.45) is 8.32. The van der Waals surface area contributed by atoms with Gasteiger partial charge in [-0.15, -0.1) is 0 Å². The van der Waals surface area contributed by atoms with Gasteiger partial charge in [0.1, 0.15) is 22.1 Å². The molecule has 0 fully saturated rings. The molecule has 364 valence electrons. The fourth-order valence-corrected chi connectivity index (χ4v) is 8.91. The highest BCUT2D eigenvalue weighted by Gasteiger charge is 2.15. The summed E-state index contributed by atoms with van der Waals surface area (Å²) in [7, 11) is 1.35. The van der Waals surface area contributed by atoms with Gasteiger partial charge in [0.05, 0.1) is 65.3 Å². The van der Waals surface area contributed by atoms with Gasteiger partial charge in [-0.25, -0.2) is 39.5 Å². The minimum absolute atomic E-state index is 0.214. The molecule has 7 N–H and O–H groups in total. The van der Waals surface area contributed by atoms with E-state index >= 15 is 0 Å². The first-order valence-corrected chi connectivity index (χ1v) is 24.4. The molecule has 0 aliphatic heterocycles. The predicted octanol–water partition coefficient (Wildman–Crippen LogP) is 13.0. The minimum atomic E-state index is -0.975. The van der Waals surface area contributed by atoms with E-state index in [0.29, 0.717) is 119 Å². The Kier molecular flexibility index (Phi) is 19.7. The number of carboxylic acid groups (broad SMARTS) is 1. The van der Waals surface area contributed by atoms with Crippen LogP contribution in [0.25, 0.3) is 22.5 Å². The van der Waals surface area contributed by atoms with Crippen LogP contribution >= 0.6 is 85.5 Å². The van der Waals surface area contributed by atoms with Crippen molar-refractivity contribution >= 4 is 115 Å². The molecule has 0 atom stereocenters. The third-order valence-electron chi connectivity index (χ3n) is 10.7. The number of rotatable bonds is 13. The number of anilines is 3. The van der Waals surface area contributed by atoms with Gasteiger partial charge in [-0.1, -0.05) is 112 Å². The fraction of sp³-hybridized carbons (Fsp3) is 0.137. The van der Waals surface area contributed by atoms with Crippen LogP contribution in [0.3, 0.4) is 0 Å². The number of methoxy groups -OCH3 is 1. The molecule has 0 saturated carbocycles. The number of aromatic nitrogens is 6. The van der Waals surface area contributed by atoms with E-state index in [-0.39, 0.29) is 11.5 Å². The van der Waals surface area contributed by atoms with Crippen LogP contribution in [0.4, 0.5) is 17.5 Å². The Labute approximate surface area is 447 Å². The van der Waals surface area contributed by atoms with Gasteiger partial charge in [0.2, 0.25) is 0 Å². The molecule has 13 nitrogen and oxygen atoms in total. The van der Waals surface area contributed by atoms with Crippen LogP contribution in [0.2, 0.25) is 30.1 Å². The lowest BCUT2D eigenvalue weighted by Gasteiger charge is -2.10. The Balaban J connectivity index is 0.000000178. The molecule has 0 bridgehead atoms. The first-order chi connectivity index (χ1) is 34.0. The van der Waals surface area contributed by atoms with Crippen LogP contribution in [0.5, 0.6) is 0 Å². The molecule has 0 spiro atoms. The molecule has 0 amide bonds. The van der Waals surface area contributed by atoms with Gasteiger partial charge in [-0.3, -0.25) is 0 Å². The van der Waals surface area contributed by atoms with Crippen molar-refractivity contribution in [1.29, 1.82) is 0 Å². The molecule has 0 aliphatic rings. The Morgan fingerprint density at radius 1 is 0.493 bits per heavy atom. The number of nitrogens with two attached hydrogens (primary N) is 3. The van der Waals surface area contributed by atoms with E-state index < -0.39 is 5.97 Å². The van der Waals surface area contributed by atoms with Gasteiger partial charge >= 0.3 is 11.9 Å². The van der Waals surface area contributed by atoms with Gasteiger partial charge in [0, 0.05) is 41.3 Å². The van der Waals surface area contributed by atoms with E-state index in [1.54, 1.807) is 91.4 Å². The molecule has 0 radical (unpaired) electrons. The standard InChI is InChI=1S/C20H17Cl2N3O2.C19H15Cl2N3O2.C12H10BrCl2N3/c1-27-20(26)13-7-5-12(6-8-13)18-11-24-19(23)17(25-18)10-9-14-15(21)3-2-4-16(14)22;20-14-2-1-3-15(21)13(14)8-9-16-18(22)23-10-17(24-16)11-4-6-12(7-5-11)19(25)26;13-11-6-17-12(16)10(18-11)5-4-7-8(14)2-1-3-9(7)15/h2-8,11H,9-10H2,1H3,(H2,23,24);1-7,10H,8-9H2,(H2,22,23)(H,25,26);1-3,6H,4-5H2,(H2,16,17). The van der Waals surface area contributed by atoms with Crippen molar-refractivity contribution in [3.63, 3.8) is 0 Å². The zero-order valence-electron chi connectivity index (χ0n) is 37.5. The highest BCUT2D eigenvalue weighted by atomic mass is 79.9. The molecule has 0 unspecified atom stereocenters. The minimum Gasteiger partial charge on any atom is -0.478 e. The lowest BCUT2D eigenvalue weighted by Crippen LogP contribution is -2.05. The fourth-order valence-electron chi connectivity index (χ4n) is 6.84. The second kappa shape index (κ2) is 25.8. The largest absolute Gasteiger partial charge is 0.478 e. The van der Waals surface area contributed by atoms with Gasteiger partial charge in [0.25, 0.3) is 0 Å². The third-order valence-corrected chi connectivity index (χ3v) is 13.2. The maximum Gasteiger partial charge on any atom is 0.337 e. The molecular weight excluding hydrogens is 1100 g/mol. The van der Waals surface area contributed by atoms with E-state index in [2.05, 4.69) is 45.8 Å². The van der Waals surface area contributed by atoms with E-state index in [9.17, 15) is 9.59 Å². The third kappa shape index (κ3) is 15.0. The van der Waals surface area contributed by atoms with Crippen molar-refractivity contribution in [2.45, 2.75) is 38.5 Å². The molecule has 71 heavy (non-hydrogen) atoms. The van der Waals surface area contributed by atoms with Crippen LogP contribution < -0.4 is 17.2 Å². The van der Waals surface area contributed by atoms with E-state index in [1.165, 1.54) is 19.2 Å². The van der Waals surface area contributed by atoms with Crippen LogP contribution in [-0.2, 0) is 43.3 Å². The summed E-state index contributed by atoms with van der Waals surface area (Å²) in [4.78, 5) is 48.5. The number of carbonyl (C=O) groups excluding carboxylic acids is 1. The number of esters is 1. The Morgan fingerprint density at radius 3 is 1.15 bits per heavy atom. The summed E-state index contributed by atoms with van der Waals surface area (Å²) >= 11 is 40.3. The number of hydrogen-bond acceptors (Lipinski definition) is 12. The Morgan fingerprint density at radius 2 is 0.817 bits per heavy atom. The highest BCUT2D eigenvalue weighted by Crippen LogP contribution is 2.30. The number of nitrogen functional groups attached to an aromatic ring is 3.